The van der Waals surface area contributed by atoms with Gasteiger partial charge in [0.25, 0.3) is 0 Å². The van der Waals surface area contributed by atoms with Crippen LogP contribution in [0.1, 0.15) is 26.3 Å². The Hall–Kier alpha value is -4.13. The number of carbonyl (C=O) groups excluding carboxylic acids is 1. The van der Waals surface area contributed by atoms with Gasteiger partial charge in [0.15, 0.2) is 0 Å². The third-order valence-corrected chi connectivity index (χ3v) is 4.84. The maximum Gasteiger partial charge on any atom is 0.323 e. The average Bonchev–Trinajstić information content (AvgIpc) is 3.30. The number of benzene rings is 2. The van der Waals surface area contributed by atoms with Gasteiger partial charge in [0.2, 0.25) is 5.88 Å². The molecule has 2 aromatic carbocycles. The fourth-order valence-corrected chi connectivity index (χ4v) is 3.09. The van der Waals surface area contributed by atoms with Crippen molar-refractivity contribution in [1.82, 2.24) is 14.5 Å². The Labute approximate surface area is 187 Å². The molecular weight excluding hydrogens is 402 g/mol. The van der Waals surface area contributed by atoms with Crippen molar-refractivity contribution in [3.8, 4) is 17.4 Å². The van der Waals surface area contributed by atoms with E-state index in [2.05, 4.69) is 41.4 Å². The first-order chi connectivity index (χ1) is 15.4. The minimum absolute atomic E-state index is 0.0697. The molecule has 2 N–H and O–H groups in total. The fraction of sp³-hybridized carbons (Fsp3) is 0.160. The van der Waals surface area contributed by atoms with E-state index in [1.807, 2.05) is 53.4 Å². The molecular formula is C25H25N5O2. The Morgan fingerprint density at radius 2 is 1.47 bits per heavy atom. The Balaban J connectivity index is 1.35. The summed E-state index contributed by atoms with van der Waals surface area (Å²) in [7, 11) is 0. The summed E-state index contributed by atoms with van der Waals surface area (Å²) in [4.78, 5) is 20.7. The number of hydrogen-bond donors (Lipinski definition) is 2. The van der Waals surface area contributed by atoms with Gasteiger partial charge in [0.1, 0.15) is 17.9 Å². The number of ether oxygens (including phenoxy) is 1. The van der Waals surface area contributed by atoms with Crippen molar-refractivity contribution in [1.29, 1.82) is 0 Å². The summed E-state index contributed by atoms with van der Waals surface area (Å²) in [5, 5.41) is 5.66. The van der Waals surface area contributed by atoms with Crippen LogP contribution in [0.4, 0.5) is 16.2 Å². The van der Waals surface area contributed by atoms with Crippen LogP contribution < -0.4 is 15.4 Å². The first-order valence-electron chi connectivity index (χ1n) is 10.3. The largest absolute Gasteiger partial charge is 0.439 e. The van der Waals surface area contributed by atoms with Crippen molar-refractivity contribution in [3.63, 3.8) is 0 Å². The van der Waals surface area contributed by atoms with Crippen molar-refractivity contribution in [2.75, 3.05) is 10.6 Å². The van der Waals surface area contributed by atoms with Gasteiger partial charge >= 0.3 is 6.03 Å². The van der Waals surface area contributed by atoms with Crippen LogP contribution in [0.3, 0.4) is 0 Å². The summed E-state index contributed by atoms with van der Waals surface area (Å²) < 4.78 is 7.69. The van der Waals surface area contributed by atoms with Gasteiger partial charge in [0.05, 0.1) is 0 Å². The molecule has 0 atom stereocenters. The van der Waals surface area contributed by atoms with Gasteiger partial charge in [-0.25, -0.2) is 14.8 Å². The molecule has 32 heavy (non-hydrogen) atoms. The van der Waals surface area contributed by atoms with Crippen molar-refractivity contribution in [3.05, 3.63) is 91.0 Å². The van der Waals surface area contributed by atoms with Crippen molar-refractivity contribution in [2.45, 2.75) is 26.2 Å². The van der Waals surface area contributed by atoms with Gasteiger partial charge in [-0.05, 0) is 59.5 Å². The predicted molar refractivity (Wildman–Crippen MR) is 126 cm³/mol. The smallest absolute Gasteiger partial charge is 0.323 e. The monoisotopic (exact) mass is 427 g/mol. The molecule has 0 fully saturated rings. The first kappa shape index (κ1) is 21.1. The average molecular weight is 428 g/mol. The van der Waals surface area contributed by atoms with Crippen LogP contribution >= 0.6 is 0 Å². The highest BCUT2D eigenvalue weighted by Crippen LogP contribution is 2.24. The van der Waals surface area contributed by atoms with Gasteiger partial charge in [-0.3, -0.25) is 0 Å². The molecule has 2 aromatic heterocycles. The zero-order valence-electron chi connectivity index (χ0n) is 18.2. The number of aromatic nitrogens is 3. The minimum Gasteiger partial charge on any atom is -0.439 e. The Kier molecular flexibility index (Phi) is 5.89. The molecule has 0 aliphatic rings. The van der Waals surface area contributed by atoms with Crippen LogP contribution in [0, 0.1) is 0 Å². The number of amides is 2. The molecule has 2 amide bonds. The minimum atomic E-state index is -0.311. The molecule has 0 saturated carbocycles. The Morgan fingerprint density at radius 3 is 2.06 bits per heavy atom. The molecule has 7 nitrogen and oxygen atoms in total. The van der Waals surface area contributed by atoms with Crippen LogP contribution in [-0.4, -0.2) is 20.6 Å². The van der Waals surface area contributed by atoms with E-state index in [1.165, 1.54) is 11.9 Å². The summed E-state index contributed by atoms with van der Waals surface area (Å²) >= 11 is 0. The highest BCUT2D eigenvalue weighted by molar-refractivity contribution is 5.99. The zero-order chi connectivity index (χ0) is 22.6. The predicted octanol–water partition coefficient (Wildman–Crippen LogP) is 6.00. The lowest BCUT2D eigenvalue weighted by atomic mass is 9.87. The number of carbonyl (C=O) groups is 1. The quantitative estimate of drug-likeness (QED) is 0.409. The number of nitrogens with one attached hydrogen (secondary N) is 2. The molecule has 0 aliphatic carbocycles. The zero-order valence-corrected chi connectivity index (χ0v) is 18.2. The van der Waals surface area contributed by atoms with E-state index in [9.17, 15) is 4.79 Å². The van der Waals surface area contributed by atoms with Crippen LogP contribution in [0.5, 0.6) is 11.6 Å². The molecule has 4 rings (SSSR count). The number of hydrogen-bond acceptors (Lipinski definition) is 4. The lowest BCUT2D eigenvalue weighted by Crippen LogP contribution is -2.19. The molecule has 0 radical (unpaired) electrons. The van der Waals surface area contributed by atoms with E-state index in [0.717, 1.165) is 5.69 Å². The fourth-order valence-electron chi connectivity index (χ4n) is 3.09. The van der Waals surface area contributed by atoms with Crippen LogP contribution in [-0.2, 0) is 5.41 Å². The van der Waals surface area contributed by atoms with Crippen molar-refractivity contribution in [2.24, 2.45) is 0 Å². The number of anilines is 2. The normalized spacial score (nSPS) is 11.1. The maximum absolute atomic E-state index is 12.3. The second-order valence-electron chi connectivity index (χ2n) is 8.34. The highest BCUT2D eigenvalue weighted by Gasteiger charge is 2.13. The van der Waals surface area contributed by atoms with Crippen LogP contribution in [0.2, 0.25) is 0 Å². The van der Waals surface area contributed by atoms with E-state index in [0.29, 0.717) is 23.1 Å². The molecule has 4 aromatic rings. The van der Waals surface area contributed by atoms with Crippen molar-refractivity contribution < 1.29 is 9.53 Å². The van der Waals surface area contributed by atoms with Gasteiger partial charge in [-0.15, -0.1) is 0 Å². The molecule has 0 spiro atoms. The van der Waals surface area contributed by atoms with Gasteiger partial charge in [-0.2, -0.15) is 0 Å². The Bertz CT molecular complexity index is 1180. The van der Waals surface area contributed by atoms with E-state index < -0.39 is 0 Å². The SMILES string of the molecule is CC(C)(C)c1ccc(NC(=O)Nc2ccc(Oc3cc(-n4cccc4)ncn3)cc2)cc1. The number of urea groups is 1. The van der Waals surface area contributed by atoms with Gasteiger partial charge < -0.3 is 19.9 Å². The summed E-state index contributed by atoms with van der Waals surface area (Å²) in [6.45, 7) is 6.46. The van der Waals surface area contributed by atoms with E-state index in [4.69, 9.17) is 4.74 Å². The second-order valence-corrected chi connectivity index (χ2v) is 8.34. The van der Waals surface area contributed by atoms with E-state index >= 15 is 0 Å². The third-order valence-electron chi connectivity index (χ3n) is 4.84. The Morgan fingerprint density at radius 1 is 0.875 bits per heavy atom. The molecule has 0 saturated heterocycles. The van der Waals surface area contributed by atoms with Gasteiger partial charge in [-0.1, -0.05) is 32.9 Å². The van der Waals surface area contributed by atoms with Gasteiger partial charge in [0, 0.05) is 29.8 Å². The number of nitrogens with zero attached hydrogens (tertiary/aromatic N) is 3. The van der Waals surface area contributed by atoms with E-state index in [1.54, 1.807) is 30.3 Å². The van der Waals surface area contributed by atoms with Crippen molar-refractivity contribution >= 4 is 17.4 Å². The standard InChI is InChI=1S/C25H25N5O2/c1-25(2,3)18-6-8-19(9-7-18)28-24(31)29-20-10-12-21(13-11-20)32-23-16-22(26-17-27-23)30-14-4-5-15-30/h4-17H,1-3H3,(H2,28,29,31). The molecule has 7 heteroatoms. The first-order valence-corrected chi connectivity index (χ1v) is 10.3. The van der Waals surface area contributed by atoms with Crippen LogP contribution in [0.25, 0.3) is 5.82 Å². The lowest BCUT2D eigenvalue weighted by Gasteiger charge is -2.19. The molecule has 0 bridgehead atoms. The summed E-state index contributed by atoms with van der Waals surface area (Å²) in [6, 6.07) is 20.2. The van der Waals surface area contributed by atoms with E-state index in [-0.39, 0.29) is 11.4 Å². The molecule has 0 unspecified atom stereocenters. The second kappa shape index (κ2) is 8.93. The summed E-state index contributed by atoms with van der Waals surface area (Å²) in [6.07, 6.45) is 5.26. The lowest BCUT2D eigenvalue weighted by molar-refractivity contribution is 0.262. The summed E-state index contributed by atoms with van der Waals surface area (Å²) in [5.74, 6) is 1.75. The molecule has 162 valence electrons. The molecule has 0 aliphatic heterocycles. The number of rotatable bonds is 5. The third kappa shape index (κ3) is 5.31. The topological polar surface area (TPSA) is 81.1 Å². The molecule has 2 heterocycles. The maximum atomic E-state index is 12.3. The summed E-state index contributed by atoms with van der Waals surface area (Å²) in [5.41, 5.74) is 2.66. The van der Waals surface area contributed by atoms with Crippen LogP contribution in [0.15, 0.2) is 85.5 Å². The highest BCUT2D eigenvalue weighted by atomic mass is 16.5.